The molecule has 3 rings (SSSR count). The molecule has 166 valence electrons. The largest absolute Gasteiger partial charge is 0.467 e. The maximum atomic E-state index is 14.6. The summed E-state index contributed by atoms with van der Waals surface area (Å²) in [6.07, 6.45) is -4.59. The highest BCUT2D eigenvalue weighted by molar-refractivity contribution is 6.31. The van der Waals surface area contributed by atoms with Crippen LogP contribution in [0.25, 0.3) is 0 Å². The molecule has 31 heavy (non-hydrogen) atoms. The zero-order chi connectivity index (χ0) is 22.8. The number of nitrogens with zero attached hydrogens (tertiary/aromatic N) is 2. The summed E-state index contributed by atoms with van der Waals surface area (Å²) >= 11 is 5.61. The molecule has 1 aromatic heterocycles. The van der Waals surface area contributed by atoms with E-state index in [9.17, 15) is 31.5 Å². The van der Waals surface area contributed by atoms with Crippen molar-refractivity contribution in [2.24, 2.45) is 0 Å². The number of hydrogen-bond donors (Lipinski definition) is 3. The van der Waals surface area contributed by atoms with Gasteiger partial charge in [0.25, 0.3) is 0 Å². The molecule has 0 spiro atoms. The number of urea groups is 1. The lowest BCUT2D eigenvalue weighted by Crippen LogP contribution is -2.44. The van der Waals surface area contributed by atoms with Crippen LogP contribution in [0, 0.1) is 11.6 Å². The summed E-state index contributed by atoms with van der Waals surface area (Å²) in [7, 11) is 0. The topological polar surface area (TPSA) is 105 Å². The fraction of sp³-hybridized carbons (Fsp3) is 0.294. The first kappa shape index (κ1) is 22.5. The fourth-order valence-electron chi connectivity index (χ4n) is 2.65. The number of ether oxygens (including phenoxy) is 1. The molecule has 1 aliphatic rings. The van der Waals surface area contributed by atoms with Gasteiger partial charge >= 0.3 is 12.2 Å². The Bertz CT molecular complexity index is 989. The van der Waals surface area contributed by atoms with Crippen LogP contribution in [0.3, 0.4) is 0 Å². The van der Waals surface area contributed by atoms with Crippen LogP contribution in [0.1, 0.15) is 17.3 Å². The maximum absolute atomic E-state index is 14.6. The molecule has 2 aromatic rings. The second-order valence-corrected chi connectivity index (χ2v) is 6.69. The Morgan fingerprint density at radius 3 is 2.58 bits per heavy atom. The lowest BCUT2D eigenvalue weighted by atomic mass is 10.0. The van der Waals surface area contributed by atoms with E-state index in [-0.39, 0.29) is 17.8 Å². The van der Waals surface area contributed by atoms with Crippen molar-refractivity contribution in [1.82, 2.24) is 26.1 Å². The van der Waals surface area contributed by atoms with Crippen LogP contribution in [0.15, 0.2) is 24.3 Å². The van der Waals surface area contributed by atoms with E-state index in [1.807, 2.05) is 0 Å². The molecule has 8 nitrogen and oxygen atoms in total. The highest BCUT2D eigenvalue weighted by Gasteiger charge is 2.32. The first-order valence-corrected chi connectivity index (χ1v) is 8.94. The summed E-state index contributed by atoms with van der Waals surface area (Å²) in [5.41, 5.74) is -0.387. The zero-order valence-electron chi connectivity index (χ0n) is 15.3. The van der Waals surface area contributed by atoms with Gasteiger partial charge in [0.2, 0.25) is 11.8 Å². The predicted octanol–water partition coefficient (Wildman–Crippen LogP) is 2.24. The van der Waals surface area contributed by atoms with Gasteiger partial charge in [0.1, 0.15) is 28.7 Å². The molecule has 3 N–H and O–H groups in total. The molecule has 2 heterocycles. The van der Waals surface area contributed by atoms with Crippen LogP contribution in [0.2, 0.25) is 5.02 Å². The summed E-state index contributed by atoms with van der Waals surface area (Å²) in [5, 5.41) is 13.5. The van der Waals surface area contributed by atoms with Gasteiger partial charge in [0.15, 0.2) is 6.61 Å². The van der Waals surface area contributed by atoms with Gasteiger partial charge in [-0.05, 0) is 12.1 Å². The molecule has 14 heteroatoms. The third-order valence-corrected chi connectivity index (χ3v) is 4.44. The Morgan fingerprint density at radius 2 is 2.00 bits per heavy atom. The number of carbonyl (C=O) groups is 2. The summed E-state index contributed by atoms with van der Waals surface area (Å²) in [4.78, 5) is 23.7. The third kappa shape index (κ3) is 5.48. The Hall–Kier alpha value is -3.22. The minimum Gasteiger partial charge on any atom is -0.467 e. The Morgan fingerprint density at radius 1 is 1.26 bits per heavy atom. The van der Waals surface area contributed by atoms with Crippen molar-refractivity contribution in [3.8, 4) is 5.88 Å². The van der Waals surface area contributed by atoms with E-state index in [1.54, 1.807) is 0 Å². The van der Waals surface area contributed by atoms with E-state index in [2.05, 4.69) is 30.9 Å². The van der Waals surface area contributed by atoms with Crippen LogP contribution in [-0.4, -0.2) is 47.5 Å². The second-order valence-electron chi connectivity index (χ2n) is 6.31. The van der Waals surface area contributed by atoms with Crippen molar-refractivity contribution in [3.05, 3.63) is 52.2 Å². The standard InChI is InChI=1S/C17H13ClF5N5O3/c18-12-8(19)2-1-7(13(12)20)14(26-15(29)10-5-24-16(30)25-10)9-3-4-11(28-27-9)31-6-17(21,22)23/h1-4,10,14H,5-6H2,(H,26,29)(H2,24,25,30)/t10-,14+/m0/s1. The van der Waals surface area contributed by atoms with Gasteiger partial charge in [-0.1, -0.05) is 17.7 Å². The van der Waals surface area contributed by atoms with Crippen molar-refractivity contribution in [3.63, 3.8) is 0 Å². The predicted molar refractivity (Wildman–Crippen MR) is 95.3 cm³/mol. The Kier molecular flexibility index (Phi) is 6.43. The minimum absolute atomic E-state index is 0.0417. The number of nitrogens with one attached hydrogen (secondary N) is 3. The number of amides is 3. The van der Waals surface area contributed by atoms with E-state index in [0.29, 0.717) is 0 Å². The molecule has 1 aliphatic heterocycles. The van der Waals surface area contributed by atoms with Gasteiger partial charge in [-0.2, -0.15) is 13.2 Å². The summed E-state index contributed by atoms with van der Waals surface area (Å²) < 4.78 is 69.4. The zero-order valence-corrected chi connectivity index (χ0v) is 16.0. The van der Waals surface area contributed by atoms with Crippen LogP contribution in [-0.2, 0) is 4.79 Å². The first-order chi connectivity index (χ1) is 14.5. The Labute approximate surface area is 176 Å². The third-order valence-electron chi connectivity index (χ3n) is 4.09. The molecule has 3 amide bonds. The SMILES string of the molecule is O=C1NC[C@@H](C(=O)N[C@@H](c2ccc(OCC(F)(F)F)nn2)c2ccc(F)c(Cl)c2F)N1. The van der Waals surface area contributed by atoms with E-state index in [4.69, 9.17) is 11.6 Å². The van der Waals surface area contributed by atoms with E-state index in [1.165, 1.54) is 0 Å². The maximum Gasteiger partial charge on any atom is 0.422 e. The molecule has 0 saturated carbocycles. The van der Waals surface area contributed by atoms with Crippen LogP contribution in [0.5, 0.6) is 5.88 Å². The van der Waals surface area contributed by atoms with Gasteiger partial charge in [-0.15, -0.1) is 10.2 Å². The second kappa shape index (κ2) is 8.88. The highest BCUT2D eigenvalue weighted by atomic mass is 35.5. The molecule has 1 fully saturated rings. The molecule has 0 radical (unpaired) electrons. The summed E-state index contributed by atoms with van der Waals surface area (Å²) in [6.45, 7) is -1.64. The molecule has 0 bridgehead atoms. The smallest absolute Gasteiger partial charge is 0.422 e. The van der Waals surface area contributed by atoms with Gasteiger partial charge in [-0.25, -0.2) is 13.6 Å². The lowest BCUT2D eigenvalue weighted by molar-refractivity contribution is -0.154. The number of hydrogen-bond acceptors (Lipinski definition) is 5. The van der Waals surface area contributed by atoms with Crippen LogP contribution < -0.4 is 20.7 Å². The number of alkyl halides is 3. The fourth-order valence-corrected chi connectivity index (χ4v) is 2.82. The molecular weight excluding hydrogens is 453 g/mol. The Balaban J connectivity index is 1.89. The van der Waals surface area contributed by atoms with Gasteiger partial charge in [0.05, 0.1) is 5.69 Å². The van der Waals surface area contributed by atoms with Crippen molar-refractivity contribution in [2.75, 3.05) is 13.2 Å². The first-order valence-electron chi connectivity index (χ1n) is 8.56. The molecular formula is C17H13ClF5N5O3. The van der Waals surface area contributed by atoms with Gasteiger partial charge in [-0.3, -0.25) is 4.79 Å². The lowest BCUT2D eigenvalue weighted by Gasteiger charge is -2.21. The molecule has 1 saturated heterocycles. The normalized spacial score (nSPS) is 17.0. The molecule has 0 unspecified atom stereocenters. The quantitative estimate of drug-likeness (QED) is 0.448. The van der Waals surface area contributed by atoms with Crippen LogP contribution in [0.4, 0.5) is 26.7 Å². The van der Waals surface area contributed by atoms with E-state index in [0.717, 1.165) is 24.3 Å². The number of rotatable bonds is 6. The minimum atomic E-state index is -4.59. The van der Waals surface area contributed by atoms with Crippen LogP contribution >= 0.6 is 11.6 Å². The van der Waals surface area contributed by atoms with Crippen molar-refractivity contribution in [1.29, 1.82) is 0 Å². The molecule has 1 aromatic carbocycles. The highest BCUT2D eigenvalue weighted by Crippen LogP contribution is 2.29. The average Bonchev–Trinajstić information content (AvgIpc) is 3.16. The van der Waals surface area contributed by atoms with Gasteiger partial charge < -0.3 is 20.7 Å². The summed E-state index contributed by atoms with van der Waals surface area (Å²) in [5.74, 6) is -3.42. The van der Waals surface area contributed by atoms with E-state index < -0.39 is 59.3 Å². The number of benzene rings is 1. The number of carbonyl (C=O) groups excluding carboxylic acids is 2. The molecule has 2 atom stereocenters. The van der Waals surface area contributed by atoms with Gasteiger partial charge in [0, 0.05) is 18.2 Å². The summed E-state index contributed by atoms with van der Waals surface area (Å²) in [6, 6.07) is 1.14. The van der Waals surface area contributed by atoms with Crippen molar-refractivity contribution in [2.45, 2.75) is 18.3 Å². The molecule has 0 aliphatic carbocycles. The monoisotopic (exact) mass is 465 g/mol. The van der Waals surface area contributed by atoms with Crippen molar-refractivity contribution >= 4 is 23.5 Å². The number of aromatic nitrogens is 2. The number of halogens is 6. The van der Waals surface area contributed by atoms with Crippen molar-refractivity contribution < 1.29 is 36.3 Å². The average molecular weight is 466 g/mol. The van der Waals surface area contributed by atoms with E-state index >= 15 is 0 Å².